The molecule has 116 valence electrons. The zero-order valence-corrected chi connectivity index (χ0v) is 13.2. The Morgan fingerprint density at radius 1 is 1.17 bits per heavy atom. The predicted octanol–water partition coefficient (Wildman–Crippen LogP) is 3.73. The minimum absolute atomic E-state index is 0.587. The van der Waals surface area contributed by atoms with Gasteiger partial charge in [-0.2, -0.15) is 5.10 Å². The molecule has 4 nitrogen and oxygen atoms in total. The summed E-state index contributed by atoms with van der Waals surface area (Å²) in [6.07, 6.45) is 2.63. The largest absolute Gasteiger partial charge is 0.497 e. The fraction of sp³-hybridized carbons (Fsp3) is 0.158. The number of rotatable bonds is 5. The number of methoxy groups -OCH3 is 1. The van der Waals surface area contributed by atoms with Crippen LogP contribution in [-0.2, 0) is 6.54 Å². The van der Waals surface area contributed by atoms with Crippen LogP contribution in [0.2, 0.25) is 0 Å². The first-order valence-corrected chi connectivity index (χ1v) is 7.42. The summed E-state index contributed by atoms with van der Waals surface area (Å²) in [5, 5.41) is 4.58. The normalized spacial score (nSPS) is 10.5. The van der Waals surface area contributed by atoms with Gasteiger partial charge in [-0.1, -0.05) is 42.0 Å². The molecule has 0 radical (unpaired) electrons. The van der Waals surface area contributed by atoms with E-state index in [1.165, 1.54) is 5.56 Å². The summed E-state index contributed by atoms with van der Waals surface area (Å²) >= 11 is 0. The maximum absolute atomic E-state index is 11.4. The highest BCUT2D eigenvalue weighted by molar-refractivity contribution is 5.85. The highest BCUT2D eigenvalue weighted by atomic mass is 16.5. The zero-order chi connectivity index (χ0) is 16.2. The topological polar surface area (TPSA) is 44.1 Å². The molecule has 0 bridgehead atoms. The molecule has 4 heteroatoms. The Kier molecular flexibility index (Phi) is 4.24. The lowest BCUT2D eigenvalue weighted by molar-refractivity contribution is 0.112. The minimum Gasteiger partial charge on any atom is -0.497 e. The first-order chi connectivity index (χ1) is 11.2. The van der Waals surface area contributed by atoms with Crippen LogP contribution >= 0.6 is 0 Å². The number of nitrogens with zero attached hydrogens (tertiary/aromatic N) is 2. The molecular formula is C19H18N2O2. The Labute approximate surface area is 135 Å². The van der Waals surface area contributed by atoms with E-state index in [9.17, 15) is 4.79 Å². The van der Waals surface area contributed by atoms with Crippen LogP contribution in [-0.4, -0.2) is 23.2 Å². The predicted molar refractivity (Wildman–Crippen MR) is 89.9 cm³/mol. The Morgan fingerprint density at radius 2 is 1.96 bits per heavy atom. The lowest BCUT2D eigenvalue weighted by atomic mass is 10.1. The number of carbonyl (C=O) groups excluding carboxylic acids is 1. The molecule has 2 aromatic carbocycles. The van der Waals surface area contributed by atoms with Gasteiger partial charge in [0.2, 0.25) is 0 Å². The molecule has 0 aliphatic carbocycles. The van der Waals surface area contributed by atoms with Crippen LogP contribution in [0.5, 0.6) is 5.75 Å². The molecule has 1 heterocycles. The van der Waals surface area contributed by atoms with Gasteiger partial charge in [0.1, 0.15) is 11.4 Å². The molecule has 0 saturated carbocycles. The van der Waals surface area contributed by atoms with Gasteiger partial charge in [-0.05, 0) is 24.6 Å². The van der Waals surface area contributed by atoms with Crippen molar-refractivity contribution >= 4 is 6.29 Å². The Balaban J connectivity index is 1.92. The summed E-state index contributed by atoms with van der Waals surface area (Å²) in [5.41, 5.74) is 4.50. The molecule has 0 atom stereocenters. The number of aromatic nitrogens is 2. The van der Waals surface area contributed by atoms with Gasteiger partial charge < -0.3 is 4.74 Å². The van der Waals surface area contributed by atoms with Crippen LogP contribution in [0.1, 0.15) is 21.5 Å². The van der Waals surface area contributed by atoms with Crippen LogP contribution in [0, 0.1) is 6.92 Å². The van der Waals surface area contributed by atoms with Crippen molar-refractivity contribution in [2.75, 3.05) is 7.11 Å². The van der Waals surface area contributed by atoms with Gasteiger partial charge in [0, 0.05) is 11.8 Å². The summed E-state index contributed by atoms with van der Waals surface area (Å²) in [7, 11) is 1.65. The minimum atomic E-state index is 0.587. The molecule has 0 N–H and O–H groups in total. The first-order valence-electron chi connectivity index (χ1n) is 7.42. The molecule has 3 rings (SSSR count). The fourth-order valence-electron chi connectivity index (χ4n) is 2.50. The Bertz CT molecular complexity index is 820. The molecular weight excluding hydrogens is 288 g/mol. The number of hydrogen-bond donors (Lipinski definition) is 0. The number of carbonyl (C=O) groups is 1. The number of ether oxygens (including phenoxy) is 1. The van der Waals surface area contributed by atoms with Crippen LogP contribution in [0.4, 0.5) is 0 Å². The van der Waals surface area contributed by atoms with E-state index in [1.54, 1.807) is 18.0 Å². The van der Waals surface area contributed by atoms with Gasteiger partial charge in [0.05, 0.1) is 19.2 Å². The molecule has 0 saturated heterocycles. The number of hydrogen-bond acceptors (Lipinski definition) is 3. The molecule has 0 unspecified atom stereocenters. The quantitative estimate of drug-likeness (QED) is 0.675. The molecule has 0 aliphatic rings. The zero-order valence-electron chi connectivity index (χ0n) is 13.2. The van der Waals surface area contributed by atoms with Crippen LogP contribution in [0.25, 0.3) is 11.3 Å². The van der Waals surface area contributed by atoms with E-state index in [0.29, 0.717) is 17.8 Å². The number of benzene rings is 2. The van der Waals surface area contributed by atoms with Crippen molar-refractivity contribution in [2.45, 2.75) is 13.5 Å². The highest BCUT2D eigenvalue weighted by Gasteiger charge is 2.11. The van der Waals surface area contributed by atoms with Gasteiger partial charge in [0.25, 0.3) is 0 Å². The molecule has 0 spiro atoms. The van der Waals surface area contributed by atoms with Crippen LogP contribution < -0.4 is 4.74 Å². The lowest BCUT2D eigenvalue weighted by Gasteiger charge is -2.04. The van der Waals surface area contributed by atoms with E-state index in [1.807, 2.05) is 55.5 Å². The molecule has 23 heavy (non-hydrogen) atoms. The lowest BCUT2D eigenvalue weighted by Crippen LogP contribution is -2.00. The van der Waals surface area contributed by atoms with Crippen molar-refractivity contribution in [3.8, 4) is 17.0 Å². The monoisotopic (exact) mass is 306 g/mol. The third-order valence-electron chi connectivity index (χ3n) is 3.72. The molecule has 1 aromatic heterocycles. The van der Waals surface area contributed by atoms with Crippen LogP contribution in [0.3, 0.4) is 0 Å². The van der Waals surface area contributed by atoms with E-state index < -0.39 is 0 Å². The summed E-state index contributed by atoms with van der Waals surface area (Å²) in [6.45, 7) is 2.62. The number of aldehydes is 1. The van der Waals surface area contributed by atoms with Crippen molar-refractivity contribution in [3.63, 3.8) is 0 Å². The van der Waals surface area contributed by atoms with E-state index in [0.717, 1.165) is 23.2 Å². The van der Waals surface area contributed by atoms with Gasteiger partial charge >= 0.3 is 0 Å². The molecule has 3 aromatic rings. The summed E-state index contributed by atoms with van der Waals surface area (Å²) in [4.78, 5) is 11.4. The molecule has 0 amide bonds. The maximum atomic E-state index is 11.4. The summed E-state index contributed by atoms with van der Waals surface area (Å²) in [6, 6.07) is 15.8. The van der Waals surface area contributed by atoms with Crippen molar-refractivity contribution < 1.29 is 9.53 Å². The molecule has 0 aliphatic heterocycles. The van der Waals surface area contributed by atoms with Gasteiger partial charge in [-0.25, -0.2) is 0 Å². The highest BCUT2D eigenvalue weighted by Crippen LogP contribution is 2.22. The average Bonchev–Trinajstić information content (AvgIpc) is 2.98. The maximum Gasteiger partial charge on any atom is 0.153 e. The van der Waals surface area contributed by atoms with Crippen LogP contribution in [0.15, 0.2) is 54.7 Å². The Morgan fingerprint density at radius 3 is 2.65 bits per heavy atom. The van der Waals surface area contributed by atoms with Crippen molar-refractivity contribution in [1.29, 1.82) is 0 Å². The van der Waals surface area contributed by atoms with Crippen molar-refractivity contribution in [1.82, 2.24) is 9.78 Å². The second kappa shape index (κ2) is 6.48. The second-order valence-electron chi connectivity index (χ2n) is 5.47. The SMILES string of the molecule is COc1cccc(Cn2cc(C=O)c(-c3ccc(C)cc3)n2)c1. The van der Waals surface area contributed by atoms with E-state index in [2.05, 4.69) is 5.10 Å². The molecule has 0 fully saturated rings. The van der Waals surface area contributed by atoms with Gasteiger partial charge in [0.15, 0.2) is 6.29 Å². The standard InChI is InChI=1S/C19H18N2O2/c1-14-6-8-16(9-7-14)19-17(13-22)12-21(20-19)11-15-4-3-5-18(10-15)23-2/h3-10,12-13H,11H2,1-2H3. The fourth-order valence-corrected chi connectivity index (χ4v) is 2.50. The van der Waals surface area contributed by atoms with E-state index in [-0.39, 0.29) is 0 Å². The van der Waals surface area contributed by atoms with E-state index >= 15 is 0 Å². The van der Waals surface area contributed by atoms with Crippen molar-refractivity contribution in [3.05, 3.63) is 71.4 Å². The third-order valence-corrected chi connectivity index (χ3v) is 3.72. The smallest absolute Gasteiger partial charge is 0.153 e. The summed E-state index contributed by atoms with van der Waals surface area (Å²) < 4.78 is 7.02. The Hall–Kier alpha value is -2.88. The van der Waals surface area contributed by atoms with Crippen molar-refractivity contribution in [2.24, 2.45) is 0 Å². The average molecular weight is 306 g/mol. The first kappa shape index (κ1) is 15.0. The third kappa shape index (κ3) is 3.31. The van der Waals surface area contributed by atoms with E-state index in [4.69, 9.17) is 4.74 Å². The second-order valence-corrected chi connectivity index (χ2v) is 5.47. The summed E-state index contributed by atoms with van der Waals surface area (Å²) in [5.74, 6) is 0.809. The van der Waals surface area contributed by atoms with Gasteiger partial charge in [-0.15, -0.1) is 0 Å². The number of aryl methyl sites for hydroxylation is 1. The van der Waals surface area contributed by atoms with Gasteiger partial charge in [-0.3, -0.25) is 9.48 Å².